The van der Waals surface area contributed by atoms with Gasteiger partial charge in [-0.2, -0.15) is 17.5 Å². The molecule has 28 heavy (non-hydrogen) atoms. The summed E-state index contributed by atoms with van der Waals surface area (Å²) in [4.78, 5) is 4.53. The molecule has 0 atom stereocenters. The van der Waals surface area contributed by atoms with Gasteiger partial charge in [-0.1, -0.05) is 24.3 Å². The molecule has 0 unspecified atom stereocenters. The molecule has 0 saturated carbocycles. The number of benzene rings is 1. The van der Waals surface area contributed by atoms with E-state index in [1.54, 1.807) is 0 Å². The van der Waals surface area contributed by atoms with Crippen LogP contribution in [0.1, 0.15) is 30.9 Å². The van der Waals surface area contributed by atoms with E-state index in [1.807, 2.05) is 38.1 Å². The van der Waals surface area contributed by atoms with E-state index in [9.17, 15) is 21.6 Å². The maximum atomic E-state index is 12.6. The second kappa shape index (κ2) is 10.6. The summed E-state index contributed by atoms with van der Waals surface area (Å²) in [6, 6.07) is 7.74. The van der Waals surface area contributed by atoms with Crippen LogP contribution in [0, 0.1) is 6.92 Å². The highest BCUT2D eigenvalue weighted by atomic mass is 127. The Kier molecular flexibility index (Phi) is 9.47. The van der Waals surface area contributed by atoms with Crippen molar-refractivity contribution in [2.75, 3.05) is 19.6 Å². The van der Waals surface area contributed by atoms with Crippen LogP contribution in [0.4, 0.5) is 13.2 Å². The minimum atomic E-state index is -5.25. The van der Waals surface area contributed by atoms with Gasteiger partial charge in [0.15, 0.2) is 5.96 Å². The molecule has 1 heterocycles. The number of nitrogens with one attached hydrogen (secondary N) is 2. The molecule has 1 fully saturated rings. The summed E-state index contributed by atoms with van der Waals surface area (Å²) in [6.07, 6.45) is 0.564. The van der Waals surface area contributed by atoms with Gasteiger partial charge in [-0.15, -0.1) is 24.0 Å². The average molecular weight is 534 g/mol. The van der Waals surface area contributed by atoms with E-state index in [2.05, 4.69) is 15.6 Å². The van der Waals surface area contributed by atoms with Gasteiger partial charge in [0.2, 0.25) is 0 Å². The second-order valence-corrected chi connectivity index (χ2v) is 8.32. The summed E-state index contributed by atoms with van der Waals surface area (Å²) in [5, 5.41) is 6.31. The van der Waals surface area contributed by atoms with Crippen molar-refractivity contribution in [1.82, 2.24) is 14.9 Å². The fourth-order valence-corrected chi connectivity index (χ4v) is 3.84. The Morgan fingerprint density at radius 2 is 1.86 bits per heavy atom. The number of halogens is 4. The van der Waals surface area contributed by atoms with Crippen molar-refractivity contribution in [2.45, 2.75) is 44.8 Å². The van der Waals surface area contributed by atoms with Gasteiger partial charge in [0.25, 0.3) is 0 Å². The lowest BCUT2D eigenvalue weighted by atomic mass is 10.1. The molecule has 1 aliphatic rings. The lowest BCUT2D eigenvalue weighted by molar-refractivity contribution is -0.0494. The molecular weight excluding hydrogens is 508 g/mol. The third-order valence-corrected chi connectivity index (χ3v) is 6.07. The van der Waals surface area contributed by atoms with Crippen LogP contribution in [0.5, 0.6) is 0 Å². The third-order valence-electron chi connectivity index (χ3n) is 4.44. The van der Waals surface area contributed by atoms with Gasteiger partial charge in [0.1, 0.15) is 0 Å². The summed E-state index contributed by atoms with van der Waals surface area (Å²) >= 11 is 0. The summed E-state index contributed by atoms with van der Waals surface area (Å²) in [5.41, 5.74) is -3.04. The van der Waals surface area contributed by atoms with Crippen molar-refractivity contribution in [3.05, 3.63) is 35.4 Å². The topological polar surface area (TPSA) is 73.8 Å². The van der Waals surface area contributed by atoms with Crippen molar-refractivity contribution in [2.24, 2.45) is 4.99 Å². The fourth-order valence-electron chi connectivity index (χ4n) is 2.85. The molecule has 1 aliphatic heterocycles. The molecule has 1 aromatic carbocycles. The molecule has 0 spiro atoms. The molecule has 160 valence electrons. The number of hydrogen-bond donors (Lipinski definition) is 2. The van der Waals surface area contributed by atoms with Gasteiger partial charge in [0.05, 0.1) is 6.54 Å². The number of alkyl halides is 3. The molecule has 0 bridgehead atoms. The van der Waals surface area contributed by atoms with Crippen LogP contribution in [0.15, 0.2) is 29.3 Å². The number of hydrogen-bond acceptors (Lipinski definition) is 3. The van der Waals surface area contributed by atoms with Gasteiger partial charge >= 0.3 is 15.5 Å². The summed E-state index contributed by atoms with van der Waals surface area (Å²) in [7, 11) is -5.25. The first-order chi connectivity index (χ1) is 12.6. The SMILES string of the molecule is CCNC(=NCc1ccccc1C)NC1CCN(S(=O)(=O)C(F)(F)F)CC1.I. The van der Waals surface area contributed by atoms with Crippen LogP contribution in [0.3, 0.4) is 0 Å². The van der Waals surface area contributed by atoms with E-state index in [1.165, 1.54) is 0 Å². The Labute approximate surface area is 181 Å². The van der Waals surface area contributed by atoms with E-state index < -0.39 is 15.5 Å². The van der Waals surface area contributed by atoms with Crippen LogP contribution in [-0.4, -0.2) is 49.9 Å². The largest absolute Gasteiger partial charge is 0.511 e. The Bertz CT molecular complexity index is 764. The lowest BCUT2D eigenvalue weighted by Crippen LogP contribution is -2.51. The summed E-state index contributed by atoms with van der Waals surface area (Å²) < 4.78 is 61.4. The zero-order chi connectivity index (χ0) is 20.1. The zero-order valence-electron chi connectivity index (χ0n) is 15.8. The van der Waals surface area contributed by atoms with Crippen molar-refractivity contribution < 1.29 is 21.6 Å². The monoisotopic (exact) mass is 534 g/mol. The molecule has 1 saturated heterocycles. The normalized spacial score (nSPS) is 17.1. The Hall–Kier alpha value is -1.08. The lowest BCUT2D eigenvalue weighted by Gasteiger charge is -2.32. The highest BCUT2D eigenvalue weighted by molar-refractivity contribution is 14.0. The first-order valence-electron chi connectivity index (χ1n) is 8.81. The first-order valence-corrected chi connectivity index (χ1v) is 10.2. The summed E-state index contributed by atoms with van der Waals surface area (Å²) in [6.45, 7) is 4.70. The number of guanidine groups is 1. The maximum Gasteiger partial charge on any atom is 0.511 e. The van der Waals surface area contributed by atoms with Gasteiger partial charge in [-0.25, -0.2) is 13.4 Å². The smallest absolute Gasteiger partial charge is 0.357 e. The molecule has 0 aromatic heterocycles. The van der Waals surface area contributed by atoms with E-state index in [-0.39, 0.29) is 55.9 Å². The minimum Gasteiger partial charge on any atom is -0.357 e. The molecular formula is C17H26F3IN4O2S. The van der Waals surface area contributed by atoms with Crippen LogP contribution in [0.2, 0.25) is 0 Å². The van der Waals surface area contributed by atoms with Gasteiger partial charge in [-0.05, 0) is 37.8 Å². The quantitative estimate of drug-likeness (QED) is 0.346. The summed E-state index contributed by atoms with van der Waals surface area (Å²) in [5.74, 6) is 0.567. The number of sulfonamides is 1. The molecule has 0 radical (unpaired) electrons. The molecule has 0 amide bonds. The van der Waals surface area contributed by atoms with Crippen LogP contribution in [-0.2, 0) is 16.6 Å². The molecule has 0 aliphatic carbocycles. The van der Waals surface area contributed by atoms with Crippen LogP contribution in [0.25, 0.3) is 0 Å². The minimum absolute atomic E-state index is 0. The number of piperidine rings is 1. The van der Waals surface area contributed by atoms with Crippen molar-refractivity contribution in [1.29, 1.82) is 0 Å². The van der Waals surface area contributed by atoms with E-state index in [0.717, 1.165) is 11.1 Å². The second-order valence-electron chi connectivity index (χ2n) is 6.39. The Balaban J connectivity index is 0.00000392. The molecule has 2 N–H and O–H groups in total. The Morgan fingerprint density at radius 3 is 2.39 bits per heavy atom. The number of aryl methyl sites for hydroxylation is 1. The molecule has 2 rings (SSSR count). The van der Waals surface area contributed by atoms with Crippen molar-refractivity contribution >= 4 is 40.0 Å². The number of rotatable bonds is 5. The van der Waals surface area contributed by atoms with Crippen LogP contribution >= 0.6 is 24.0 Å². The fraction of sp³-hybridized carbons (Fsp3) is 0.588. The van der Waals surface area contributed by atoms with E-state index >= 15 is 0 Å². The van der Waals surface area contributed by atoms with Gasteiger partial charge in [0, 0.05) is 25.7 Å². The Morgan fingerprint density at radius 1 is 1.25 bits per heavy atom. The predicted molar refractivity (Wildman–Crippen MR) is 114 cm³/mol. The molecule has 1 aromatic rings. The van der Waals surface area contributed by atoms with Gasteiger partial charge < -0.3 is 10.6 Å². The standard InChI is InChI=1S/C17H25F3N4O2S.HI/c1-3-21-16(22-12-14-7-5-4-6-13(14)2)23-15-8-10-24(11-9-15)27(25,26)17(18,19)20;/h4-7,15H,3,8-12H2,1-2H3,(H2,21,22,23);1H. The van der Waals surface area contributed by atoms with E-state index in [0.29, 0.717) is 23.4 Å². The number of nitrogens with zero attached hydrogens (tertiary/aromatic N) is 2. The average Bonchev–Trinajstić information content (AvgIpc) is 2.60. The first kappa shape index (κ1) is 25.0. The van der Waals surface area contributed by atoms with Crippen molar-refractivity contribution in [3.63, 3.8) is 0 Å². The maximum absolute atomic E-state index is 12.6. The third kappa shape index (κ3) is 6.48. The molecule has 11 heteroatoms. The molecule has 6 nitrogen and oxygen atoms in total. The van der Waals surface area contributed by atoms with Crippen molar-refractivity contribution in [3.8, 4) is 0 Å². The highest BCUT2D eigenvalue weighted by Crippen LogP contribution is 2.28. The number of aliphatic imine (C=N–C) groups is 1. The van der Waals surface area contributed by atoms with Crippen LogP contribution < -0.4 is 10.6 Å². The van der Waals surface area contributed by atoms with E-state index in [4.69, 9.17) is 0 Å². The van der Waals surface area contributed by atoms with Gasteiger partial charge in [-0.3, -0.25) is 0 Å². The highest BCUT2D eigenvalue weighted by Gasteiger charge is 2.50. The zero-order valence-corrected chi connectivity index (χ0v) is 18.9. The predicted octanol–water partition coefficient (Wildman–Crippen LogP) is 2.98.